The molecule has 0 aliphatic carbocycles. The van der Waals surface area contributed by atoms with Gasteiger partial charge in [0.2, 0.25) is 0 Å². The van der Waals surface area contributed by atoms with Gasteiger partial charge in [0.15, 0.2) is 11.5 Å². The Morgan fingerprint density at radius 3 is 2.89 bits per heavy atom. The van der Waals surface area contributed by atoms with Gasteiger partial charge >= 0.3 is 5.97 Å². The molecule has 2 heterocycles. The van der Waals surface area contributed by atoms with E-state index in [1.165, 1.54) is 10.9 Å². The molecule has 0 aliphatic rings. The number of hydrogen-bond donors (Lipinski definition) is 1. The van der Waals surface area contributed by atoms with E-state index in [0.717, 1.165) is 5.69 Å². The fraction of sp³-hybridized carbons (Fsp3) is 0.333. The fourth-order valence-electron chi connectivity index (χ4n) is 1.60. The van der Waals surface area contributed by atoms with E-state index in [9.17, 15) is 4.79 Å². The van der Waals surface area contributed by atoms with Crippen LogP contribution in [0.1, 0.15) is 28.8 Å². The number of hydrogen-bond acceptors (Lipinski definition) is 6. The topological polar surface area (TPSA) is 95.9 Å². The zero-order valence-corrected chi connectivity index (χ0v) is 11.0. The van der Waals surface area contributed by atoms with Crippen molar-refractivity contribution in [2.45, 2.75) is 20.8 Å². The van der Waals surface area contributed by atoms with E-state index in [2.05, 4.69) is 15.1 Å². The zero-order chi connectivity index (χ0) is 14.0. The molecule has 100 valence electrons. The third-order valence-electron chi connectivity index (χ3n) is 2.48. The quantitative estimate of drug-likeness (QED) is 0.829. The van der Waals surface area contributed by atoms with Crippen molar-refractivity contribution in [3.05, 3.63) is 29.5 Å². The fourth-order valence-corrected chi connectivity index (χ4v) is 1.60. The van der Waals surface area contributed by atoms with Crippen LogP contribution in [0, 0.1) is 13.8 Å². The highest BCUT2D eigenvalue weighted by atomic mass is 16.5. The first kappa shape index (κ1) is 13.0. The van der Waals surface area contributed by atoms with Gasteiger partial charge in [0.1, 0.15) is 0 Å². The van der Waals surface area contributed by atoms with Crippen molar-refractivity contribution < 1.29 is 9.53 Å². The molecule has 2 N–H and O–H groups in total. The van der Waals surface area contributed by atoms with Crippen LogP contribution >= 0.6 is 0 Å². The second kappa shape index (κ2) is 5.05. The average Bonchev–Trinajstić information content (AvgIpc) is 2.74. The summed E-state index contributed by atoms with van der Waals surface area (Å²) in [4.78, 5) is 20.2. The van der Waals surface area contributed by atoms with E-state index in [1.54, 1.807) is 13.1 Å². The molecular weight excluding hydrogens is 246 g/mol. The standard InChI is InChI=1S/C12H15N5O2/c1-4-19-12(18)10-9(13)6-17(16-10)11-8(3)14-5-7(2)15-11/h5-6H,4,13H2,1-3H3. The number of anilines is 1. The number of ether oxygens (including phenoxy) is 1. The van der Waals surface area contributed by atoms with Crippen molar-refractivity contribution in [2.24, 2.45) is 0 Å². The maximum atomic E-state index is 11.6. The summed E-state index contributed by atoms with van der Waals surface area (Å²) < 4.78 is 6.32. The third-order valence-corrected chi connectivity index (χ3v) is 2.48. The van der Waals surface area contributed by atoms with Gasteiger partial charge in [-0.05, 0) is 20.8 Å². The van der Waals surface area contributed by atoms with Crippen LogP contribution in [0.5, 0.6) is 0 Å². The van der Waals surface area contributed by atoms with E-state index >= 15 is 0 Å². The minimum absolute atomic E-state index is 0.0876. The van der Waals surface area contributed by atoms with Crippen molar-refractivity contribution >= 4 is 11.7 Å². The minimum Gasteiger partial charge on any atom is -0.461 e. The summed E-state index contributed by atoms with van der Waals surface area (Å²) in [7, 11) is 0. The van der Waals surface area contributed by atoms with Crippen molar-refractivity contribution in [3.8, 4) is 5.82 Å². The number of esters is 1. The Hall–Kier alpha value is -2.44. The lowest BCUT2D eigenvalue weighted by Crippen LogP contribution is -2.09. The van der Waals surface area contributed by atoms with E-state index < -0.39 is 5.97 Å². The Morgan fingerprint density at radius 2 is 2.21 bits per heavy atom. The highest BCUT2D eigenvalue weighted by Crippen LogP contribution is 2.15. The second-order valence-electron chi connectivity index (χ2n) is 4.02. The van der Waals surface area contributed by atoms with Crippen LogP contribution in [0.4, 0.5) is 5.69 Å². The van der Waals surface area contributed by atoms with Crippen LogP contribution in [-0.2, 0) is 4.74 Å². The van der Waals surface area contributed by atoms with Crippen molar-refractivity contribution in [1.82, 2.24) is 19.7 Å². The number of nitrogens with two attached hydrogens (primary N) is 1. The largest absolute Gasteiger partial charge is 0.461 e. The van der Waals surface area contributed by atoms with Crippen LogP contribution in [0.15, 0.2) is 12.4 Å². The first-order valence-corrected chi connectivity index (χ1v) is 5.85. The molecule has 2 aromatic rings. The smallest absolute Gasteiger partial charge is 0.361 e. The molecule has 0 saturated carbocycles. The molecule has 0 amide bonds. The summed E-state index contributed by atoms with van der Waals surface area (Å²) in [6, 6.07) is 0. The van der Waals surface area contributed by atoms with Crippen LogP contribution in [0.2, 0.25) is 0 Å². The van der Waals surface area contributed by atoms with Gasteiger partial charge in [-0.2, -0.15) is 5.10 Å². The lowest BCUT2D eigenvalue weighted by atomic mass is 10.4. The summed E-state index contributed by atoms with van der Waals surface area (Å²) in [6.07, 6.45) is 3.20. The number of nitrogen functional groups attached to an aromatic ring is 1. The number of aromatic nitrogens is 4. The molecule has 0 bridgehead atoms. The van der Waals surface area contributed by atoms with Gasteiger partial charge < -0.3 is 10.5 Å². The molecule has 2 aromatic heterocycles. The molecule has 0 aromatic carbocycles. The van der Waals surface area contributed by atoms with Crippen LogP contribution in [0.3, 0.4) is 0 Å². The maximum Gasteiger partial charge on any atom is 0.361 e. The van der Waals surface area contributed by atoms with Gasteiger partial charge in [0, 0.05) is 6.20 Å². The van der Waals surface area contributed by atoms with E-state index in [4.69, 9.17) is 10.5 Å². The predicted octanol–water partition coefficient (Wildman–Crippen LogP) is 1.04. The van der Waals surface area contributed by atoms with Crippen LogP contribution in [0.25, 0.3) is 5.82 Å². The molecular formula is C12H15N5O2. The van der Waals surface area contributed by atoms with E-state index in [1.807, 2.05) is 13.8 Å². The summed E-state index contributed by atoms with van der Waals surface area (Å²) in [5.74, 6) is -0.000682. The van der Waals surface area contributed by atoms with Crippen LogP contribution < -0.4 is 5.73 Å². The van der Waals surface area contributed by atoms with Gasteiger partial charge in [-0.25, -0.2) is 14.5 Å². The monoisotopic (exact) mass is 261 g/mol. The number of carbonyl (C=O) groups is 1. The summed E-state index contributed by atoms with van der Waals surface area (Å²) in [6.45, 7) is 5.63. The van der Waals surface area contributed by atoms with Crippen LogP contribution in [-0.4, -0.2) is 32.3 Å². The van der Waals surface area contributed by atoms with Gasteiger partial charge in [0.25, 0.3) is 0 Å². The molecule has 0 radical (unpaired) electrons. The molecule has 0 atom stereocenters. The Kier molecular flexibility index (Phi) is 3.46. The Bertz CT molecular complexity index is 621. The normalized spacial score (nSPS) is 10.5. The lowest BCUT2D eigenvalue weighted by molar-refractivity contribution is 0.0520. The minimum atomic E-state index is -0.544. The SMILES string of the molecule is CCOC(=O)c1nn(-c2nc(C)cnc2C)cc1N. The highest BCUT2D eigenvalue weighted by molar-refractivity contribution is 5.92. The number of nitrogens with zero attached hydrogens (tertiary/aromatic N) is 4. The number of rotatable bonds is 3. The van der Waals surface area contributed by atoms with Gasteiger partial charge in [0.05, 0.1) is 29.9 Å². The first-order chi connectivity index (χ1) is 9.02. The predicted molar refractivity (Wildman–Crippen MR) is 69.0 cm³/mol. The highest BCUT2D eigenvalue weighted by Gasteiger charge is 2.18. The number of carbonyl (C=O) groups excluding carboxylic acids is 1. The van der Waals surface area contributed by atoms with Crippen molar-refractivity contribution in [3.63, 3.8) is 0 Å². The molecule has 19 heavy (non-hydrogen) atoms. The summed E-state index contributed by atoms with van der Waals surface area (Å²) >= 11 is 0. The maximum absolute atomic E-state index is 11.6. The number of aryl methyl sites for hydroxylation is 2. The second-order valence-corrected chi connectivity index (χ2v) is 4.02. The Labute approximate surface area is 110 Å². The molecule has 0 saturated heterocycles. The molecule has 7 heteroatoms. The summed E-state index contributed by atoms with van der Waals surface area (Å²) in [5.41, 5.74) is 7.56. The zero-order valence-electron chi connectivity index (χ0n) is 11.0. The van der Waals surface area contributed by atoms with E-state index in [-0.39, 0.29) is 18.0 Å². The van der Waals surface area contributed by atoms with Gasteiger partial charge in [-0.1, -0.05) is 0 Å². The Morgan fingerprint density at radius 1 is 1.47 bits per heavy atom. The van der Waals surface area contributed by atoms with Crippen molar-refractivity contribution in [1.29, 1.82) is 0 Å². The van der Waals surface area contributed by atoms with Crippen molar-refractivity contribution in [2.75, 3.05) is 12.3 Å². The van der Waals surface area contributed by atoms with Gasteiger partial charge in [-0.15, -0.1) is 0 Å². The Balaban J connectivity index is 2.44. The molecule has 0 unspecified atom stereocenters. The lowest BCUT2D eigenvalue weighted by Gasteiger charge is -2.04. The van der Waals surface area contributed by atoms with E-state index in [0.29, 0.717) is 11.5 Å². The average molecular weight is 261 g/mol. The molecule has 0 fully saturated rings. The molecule has 2 rings (SSSR count). The first-order valence-electron chi connectivity index (χ1n) is 5.85. The summed E-state index contributed by atoms with van der Waals surface area (Å²) in [5, 5.41) is 4.12. The van der Waals surface area contributed by atoms with Gasteiger partial charge in [-0.3, -0.25) is 4.98 Å². The molecule has 0 aliphatic heterocycles. The molecule has 7 nitrogen and oxygen atoms in total. The third kappa shape index (κ3) is 2.54. The molecule has 0 spiro atoms.